The van der Waals surface area contributed by atoms with Gasteiger partial charge in [0.25, 0.3) is 0 Å². The van der Waals surface area contributed by atoms with Crippen LogP contribution in [0.5, 0.6) is 0 Å². The molecule has 2 aromatic carbocycles. The molecule has 0 spiro atoms. The molecular weight excluding hydrogens is 469 g/mol. The SMILES string of the molecule is C=C(C)/C=C(/C)CF.CCC.Cc1cccc(C)c1-c1cnn(-c2cc(F)cc(F)c2C2(C)C[C@@H]2C)c1. The van der Waals surface area contributed by atoms with Crippen LogP contribution in [0.2, 0.25) is 0 Å². The van der Waals surface area contributed by atoms with Crippen molar-refractivity contribution in [2.45, 2.75) is 73.6 Å². The van der Waals surface area contributed by atoms with E-state index >= 15 is 0 Å². The topological polar surface area (TPSA) is 17.8 Å². The minimum Gasteiger partial charge on any atom is -0.246 e. The zero-order valence-electron chi connectivity index (χ0n) is 23.6. The number of rotatable bonds is 5. The van der Waals surface area contributed by atoms with Gasteiger partial charge >= 0.3 is 0 Å². The van der Waals surface area contributed by atoms with Crippen molar-refractivity contribution in [3.8, 4) is 16.8 Å². The Morgan fingerprint density at radius 2 is 1.73 bits per heavy atom. The number of aryl methyl sites for hydroxylation is 2. The number of aromatic nitrogens is 2. The Morgan fingerprint density at radius 3 is 2.19 bits per heavy atom. The van der Waals surface area contributed by atoms with Gasteiger partial charge in [-0.1, -0.05) is 70.5 Å². The summed E-state index contributed by atoms with van der Waals surface area (Å²) >= 11 is 0. The molecule has 5 heteroatoms. The molecule has 1 aromatic heterocycles. The lowest BCUT2D eigenvalue weighted by Crippen LogP contribution is -2.13. The van der Waals surface area contributed by atoms with E-state index in [1.54, 1.807) is 23.9 Å². The first kappa shape index (κ1) is 30.1. The lowest BCUT2D eigenvalue weighted by Gasteiger charge is -2.17. The van der Waals surface area contributed by atoms with E-state index in [4.69, 9.17) is 0 Å². The van der Waals surface area contributed by atoms with Crippen molar-refractivity contribution in [1.29, 1.82) is 0 Å². The maximum atomic E-state index is 14.7. The minimum absolute atomic E-state index is 0.266. The molecule has 0 radical (unpaired) electrons. The zero-order valence-corrected chi connectivity index (χ0v) is 23.6. The van der Waals surface area contributed by atoms with Gasteiger partial charge in [0, 0.05) is 34.9 Å². The molecule has 2 nitrogen and oxygen atoms in total. The van der Waals surface area contributed by atoms with E-state index in [-0.39, 0.29) is 12.1 Å². The average molecular weight is 511 g/mol. The predicted octanol–water partition coefficient (Wildman–Crippen LogP) is 9.63. The van der Waals surface area contributed by atoms with Crippen LogP contribution in [0.15, 0.2) is 66.5 Å². The van der Waals surface area contributed by atoms with Gasteiger partial charge in [0.05, 0.1) is 11.9 Å². The molecule has 4 rings (SSSR count). The van der Waals surface area contributed by atoms with Crippen LogP contribution in [-0.2, 0) is 5.41 Å². The highest BCUT2D eigenvalue weighted by Gasteiger charge is 2.51. The third-order valence-corrected chi connectivity index (χ3v) is 6.57. The Bertz CT molecular complexity index is 1230. The molecule has 1 unspecified atom stereocenters. The van der Waals surface area contributed by atoms with Gasteiger partial charge in [-0.3, -0.25) is 0 Å². The first-order valence-corrected chi connectivity index (χ1v) is 12.9. The van der Waals surface area contributed by atoms with E-state index in [0.29, 0.717) is 17.2 Å². The fourth-order valence-electron chi connectivity index (χ4n) is 4.54. The van der Waals surface area contributed by atoms with Crippen LogP contribution in [0.4, 0.5) is 13.2 Å². The Balaban J connectivity index is 0.000000372. The fraction of sp³-hybridized carbons (Fsp3) is 0.406. The van der Waals surface area contributed by atoms with Crippen molar-refractivity contribution in [2.75, 3.05) is 6.67 Å². The van der Waals surface area contributed by atoms with Crippen LogP contribution in [0.25, 0.3) is 16.8 Å². The zero-order chi connectivity index (χ0) is 27.9. The van der Waals surface area contributed by atoms with Gasteiger partial charge in [0.1, 0.15) is 18.3 Å². The Labute approximate surface area is 220 Å². The summed E-state index contributed by atoms with van der Waals surface area (Å²) in [4.78, 5) is 0. The number of halogens is 3. The molecule has 1 aliphatic rings. The molecule has 3 aromatic rings. The van der Waals surface area contributed by atoms with E-state index in [1.807, 2.05) is 26.1 Å². The minimum atomic E-state index is -0.581. The molecule has 200 valence electrons. The van der Waals surface area contributed by atoms with Gasteiger partial charge in [-0.15, -0.1) is 0 Å². The smallest absolute Gasteiger partial charge is 0.132 e. The summed E-state index contributed by atoms with van der Waals surface area (Å²) in [6, 6.07) is 8.49. The number of hydrogen-bond acceptors (Lipinski definition) is 1. The highest BCUT2D eigenvalue weighted by atomic mass is 19.1. The lowest BCUT2D eigenvalue weighted by molar-refractivity contribution is 0.542. The fourth-order valence-corrected chi connectivity index (χ4v) is 4.54. The molecule has 1 saturated carbocycles. The standard InChI is InChI=1S/C22H22F2N2.C7H11F.C3H8/c1-13-6-5-7-14(2)20(13)16-11-25-26(12-16)19-9-17(23)8-18(24)21(19)22(4)10-15(22)3;1-6(2)4-7(3)5-8;1-3-2/h5-9,11-12,15H,10H2,1-4H3;4H,1,5H2,2-3H3;3H2,1-2H3/b;7-4-;/t15-,22?;;/m0../s1. The monoisotopic (exact) mass is 510 g/mol. The number of nitrogens with zero attached hydrogens (tertiary/aromatic N) is 2. The summed E-state index contributed by atoms with van der Waals surface area (Å²) in [7, 11) is 0. The van der Waals surface area contributed by atoms with Crippen LogP contribution >= 0.6 is 0 Å². The average Bonchev–Trinajstić information content (AvgIpc) is 3.18. The van der Waals surface area contributed by atoms with E-state index in [9.17, 15) is 13.2 Å². The second kappa shape index (κ2) is 12.9. The number of allylic oxidation sites excluding steroid dienone is 3. The third kappa shape index (κ3) is 7.47. The van der Waals surface area contributed by atoms with Gasteiger partial charge in [-0.2, -0.15) is 5.10 Å². The van der Waals surface area contributed by atoms with Crippen LogP contribution in [0.1, 0.15) is 71.1 Å². The second-order valence-electron chi connectivity index (χ2n) is 10.4. The van der Waals surface area contributed by atoms with Crippen molar-refractivity contribution < 1.29 is 13.2 Å². The number of hydrogen-bond donors (Lipinski definition) is 0. The maximum absolute atomic E-state index is 14.7. The predicted molar refractivity (Wildman–Crippen MR) is 150 cm³/mol. The summed E-state index contributed by atoms with van der Waals surface area (Å²) in [6.07, 6.45) is 7.51. The Morgan fingerprint density at radius 1 is 1.16 bits per heavy atom. The first-order chi connectivity index (χ1) is 17.4. The Hall–Kier alpha value is -3.08. The molecule has 0 N–H and O–H groups in total. The summed E-state index contributed by atoms with van der Waals surface area (Å²) in [5.74, 6) is -0.701. The van der Waals surface area contributed by atoms with Crippen LogP contribution in [0, 0.1) is 31.4 Å². The first-order valence-electron chi connectivity index (χ1n) is 12.9. The molecule has 0 bridgehead atoms. The van der Waals surface area contributed by atoms with Crippen molar-refractivity contribution in [3.63, 3.8) is 0 Å². The quantitative estimate of drug-likeness (QED) is 0.312. The summed E-state index contributed by atoms with van der Waals surface area (Å²) in [5, 5.41) is 4.44. The molecule has 2 atom stereocenters. The van der Waals surface area contributed by atoms with Gasteiger partial charge in [0.15, 0.2) is 0 Å². The molecule has 37 heavy (non-hydrogen) atoms. The molecule has 0 amide bonds. The summed E-state index contributed by atoms with van der Waals surface area (Å²) < 4.78 is 41.9. The second-order valence-corrected chi connectivity index (χ2v) is 10.4. The van der Waals surface area contributed by atoms with Crippen LogP contribution < -0.4 is 0 Å². The van der Waals surface area contributed by atoms with Gasteiger partial charge < -0.3 is 0 Å². The number of alkyl halides is 1. The largest absolute Gasteiger partial charge is 0.246 e. The molecule has 1 fully saturated rings. The van der Waals surface area contributed by atoms with Crippen molar-refractivity contribution in [1.82, 2.24) is 9.78 Å². The van der Waals surface area contributed by atoms with Gasteiger partial charge in [-0.05, 0) is 62.3 Å². The maximum Gasteiger partial charge on any atom is 0.132 e. The Kier molecular flexibility index (Phi) is 10.5. The highest BCUT2D eigenvalue weighted by Crippen LogP contribution is 2.55. The molecule has 1 heterocycles. The van der Waals surface area contributed by atoms with Gasteiger partial charge in [-0.25, -0.2) is 17.9 Å². The van der Waals surface area contributed by atoms with E-state index in [1.165, 1.54) is 12.5 Å². The van der Waals surface area contributed by atoms with Crippen LogP contribution in [-0.4, -0.2) is 16.5 Å². The third-order valence-electron chi connectivity index (χ3n) is 6.57. The summed E-state index contributed by atoms with van der Waals surface area (Å²) in [6.45, 7) is 19.3. The van der Waals surface area contributed by atoms with Crippen molar-refractivity contribution in [2.24, 2.45) is 5.92 Å². The number of benzene rings is 2. The van der Waals surface area contributed by atoms with Crippen molar-refractivity contribution >= 4 is 0 Å². The highest BCUT2D eigenvalue weighted by molar-refractivity contribution is 5.70. The normalized spacial score (nSPS) is 18.4. The van der Waals surface area contributed by atoms with E-state index in [2.05, 4.69) is 58.4 Å². The van der Waals surface area contributed by atoms with E-state index in [0.717, 1.165) is 45.9 Å². The van der Waals surface area contributed by atoms with Gasteiger partial charge in [0.2, 0.25) is 0 Å². The molecule has 0 aliphatic heterocycles. The van der Waals surface area contributed by atoms with Crippen molar-refractivity contribution in [3.05, 3.63) is 94.9 Å². The lowest BCUT2D eigenvalue weighted by atomic mass is 9.93. The van der Waals surface area contributed by atoms with E-state index < -0.39 is 11.6 Å². The molecular formula is C32H41F3N2. The van der Waals surface area contributed by atoms with Crippen LogP contribution in [0.3, 0.4) is 0 Å². The molecule has 0 saturated heterocycles. The molecule has 1 aliphatic carbocycles. The summed E-state index contributed by atoms with van der Waals surface area (Å²) in [5.41, 5.74) is 6.79.